The van der Waals surface area contributed by atoms with Gasteiger partial charge in [0.25, 0.3) is 0 Å². The van der Waals surface area contributed by atoms with Crippen LogP contribution in [0.25, 0.3) is 0 Å². The maximum Gasteiger partial charge on any atom is 0.313 e. The van der Waals surface area contributed by atoms with Crippen molar-refractivity contribution < 1.29 is 29.0 Å². The van der Waals surface area contributed by atoms with Gasteiger partial charge in [0.2, 0.25) is 11.8 Å². The molecule has 2 amide bonds. The van der Waals surface area contributed by atoms with Crippen LogP contribution >= 0.6 is 0 Å². The molecule has 8 nitrogen and oxygen atoms in total. The number of esters is 1. The van der Waals surface area contributed by atoms with Gasteiger partial charge in [0.05, 0.1) is 30.8 Å². The third kappa shape index (κ3) is 4.20. The van der Waals surface area contributed by atoms with E-state index in [-0.39, 0.29) is 25.0 Å². The van der Waals surface area contributed by atoms with Crippen LogP contribution in [0.15, 0.2) is 54.6 Å². The molecule has 5 rings (SSSR count). The molecule has 6 atom stereocenters. The van der Waals surface area contributed by atoms with Gasteiger partial charge < -0.3 is 24.4 Å². The summed E-state index contributed by atoms with van der Waals surface area (Å²) in [5, 5.41) is 10.5. The summed E-state index contributed by atoms with van der Waals surface area (Å²) < 4.78 is 12.3. The van der Waals surface area contributed by atoms with Gasteiger partial charge in [0, 0.05) is 13.1 Å². The van der Waals surface area contributed by atoms with Crippen molar-refractivity contribution in [2.24, 2.45) is 11.8 Å². The predicted octanol–water partition coefficient (Wildman–Crippen LogP) is 2.26. The summed E-state index contributed by atoms with van der Waals surface area (Å²) >= 11 is 0. The van der Waals surface area contributed by atoms with E-state index < -0.39 is 41.1 Å². The number of carbonyl (C=O) groups excluding carboxylic acids is 3. The number of aliphatic hydroxyl groups excluding tert-OH is 1. The van der Waals surface area contributed by atoms with Crippen molar-refractivity contribution in [1.82, 2.24) is 9.80 Å². The molecule has 1 N–H and O–H groups in total. The molecule has 0 aliphatic carbocycles. The predicted molar refractivity (Wildman–Crippen MR) is 136 cm³/mol. The number of hydrogen-bond acceptors (Lipinski definition) is 6. The van der Waals surface area contributed by atoms with Crippen molar-refractivity contribution in [3.8, 4) is 0 Å². The number of rotatable bonds is 7. The lowest BCUT2D eigenvalue weighted by Crippen LogP contribution is -2.59. The molecular formula is C29H36N2O6. The molecule has 2 saturated heterocycles. The molecule has 0 aromatic heterocycles. The van der Waals surface area contributed by atoms with Crippen molar-refractivity contribution in [3.05, 3.63) is 60.2 Å². The van der Waals surface area contributed by atoms with Gasteiger partial charge in [-0.25, -0.2) is 0 Å². The molecule has 198 valence electrons. The molecule has 1 aromatic rings. The largest absolute Gasteiger partial charge is 0.465 e. The summed E-state index contributed by atoms with van der Waals surface area (Å²) in [4.78, 5) is 45.2. The molecule has 1 aromatic carbocycles. The van der Waals surface area contributed by atoms with Crippen LogP contribution in [0.2, 0.25) is 0 Å². The number of carbonyl (C=O) groups is 3. The highest BCUT2D eigenvalue weighted by Gasteiger charge is 2.75. The van der Waals surface area contributed by atoms with Crippen molar-refractivity contribution in [3.63, 3.8) is 0 Å². The number of ether oxygens (including phenoxy) is 2. The Balaban J connectivity index is 1.63. The van der Waals surface area contributed by atoms with E-state index in [1.54, 1.807) is 11.8 Å². The van der Waals surface area contributed by atoms with Crippen LogP contribution < -0.4 is 0 Å². The normalized spacial score (nSPS) is 33.8. The van der Waals surface area contributed by atoms with Gasteiger partial charge in [-0.2, -0.15) is 0 Å². The van der Waals surface area contributed by atoms with E-state index >= 15 is 0 Å². The standard InChI is InChI=1S/C29H36N2O6/c1-3-4-15-30-16-10-14-29-22(23-27(35)36-17-9-8-13-28(23,2)37-29)25(33)31(24(29)26(30)34)21(19-32)18-20-11-6-5-7-12-20/h5-8,10-14,21-24,32H,3-4,9,15-19H2,1-2H3/t21-,22+,23+,24?,28-,29+/m1/s1. The molecule has 0 bridgehead atoms. The first-order chi connectivity index (χ1) is 17.9. The van der Waals surface area contributed by atoms with Crippen molar-refractivity contribution in [2.45, 2.75) is 62.8 Å². The van der Waals surface area contributed by atoms with E-state index in [2.05, 4.69) is 6.92 Å². The summed E-state index contributed by atoms with van der Waals surface area (Å²) in [5.41, 5.74) is -1.50. The van der Waals surface area contributed by atoms with Crippen molar-refractivity contribution in [2.75, 3.05) is 26.3 Å². The second-order valence-corrected chi connectivity index (χ2v) is 10.7. The highest BCUT2D eigenvalue weighted by molar-refractivity contribution is 5.99. The van der Waals surface area contributed by atoms with E-state index in [0.29, 0.717) is 25.9 Å². The van der Waals surface area contributed by atoms with Crippen LogP contribution in [0.1, 0.15) is 38.7 Å². The quantitative estimate of drug-likeness (QED) is 0.448. The van der Waals surface area contributed by atoms with Gasteiger partial charge in [-0.1, -0.05) is 68.0 Å². The lowest BCUT2D eigenvalue weighted by molar-refractivity contribution is -0.162. The molecular weight excluding hydrogens is 472 g/mol. The monoisotopic (exact) mass is 508 g/mol. The number of fused-ring (bicyclic) bond motifs is 2. The minimum atomic E-state index is -1.34. The molecule has 4 aliphatic heterocycles. The topological polar surface area (TPSA) is 96.4 Å². The average molecular weight is 509 g/mol. The number of nitrogens with zero attached hydrogens (tertiary/aromatic N) is 2. The highest BCUT2D eigenvalue weighted by atomic mass is 16.6. The summed E-state index contributed by atoms with van der Waals surface area (Å²) in [7, 11) is 0. The summed E-state index contributed by atoms with van der Waals surface area (Å²) in [6, 6.07) is 7.95. The fraction of sp³-hybridized carbons (Fsp3) is 0.552. The second kappa shape index (κ2) is 10.1. The summed E-state index contributed by atoms with van der Waals surface area (Å²) in [6.07, 6.45) is 10.2. The van der Waals surface area contributed by atoms with Crippen LogP contribution in [0.5, 0.6) is 0 Å². The second-order valence-electron chi connectivity index (χ2n) is 10.7. The van der Waals surface area contributed by atoms with Crippen LogP contribution in [0.4, 0.5) is 0 Å². The smallest absolute Gasteiger partial charge is 0.313 e. The molecule has 4 aliphatic rings. The molecule has 1 unspecified atom stereocenters. The maximum absolute atomic E-state index is 14.4. The Morgan fingerprint density at radius 1 is 1.08 bits per heavy atom. The van der Waals surface area contributed by atoms with Gasteiger partial charge in [-0.15, -0.1) is 0 Å². The number of aliphatic hydroxyl groups is 1. The van der Waals surface area contributed by atoms with Gasteiger partial charge in [-0.3, -0.25) is 14.4 Å². The van der Waals surface area contributed by atoms with Gasteiger partial charge in [-0.05, 0) is 31.7 Å². The summed E-state index contributed by atoms with van der Waals surface area (Å²) in [6.45, 7) is 4.74. The van der Waals surface area contributed by atoms with Gasteiger partial charge >= 0.3 is 5.97 Å². The van der Waals surface area contributed by atoms with Crippen LogP contribution in [-0.4, -0.2) is 82.3 Å². The minimum absolute atomic E-state index is 0.212. The van der Waals surface area contributed by atoms with Crippen LogP contribution in [0.3, 0.4) is 0 Å². The van der Waals surface area contributed by atoms with Gasteiger partial charge in [0.1, 0.15) is 17.6 Å². The zero-order chi connectivity index (χ0) is 26.2. The van der Waals surface area contributed by atoms with E-state index in [1.807, 2.05) is 54.6 Å². The molecule has 0 radical (unpaired) electrons. The van der Waals surface area contributed by atoms with E-state index in [4.69, 9.17) is 9.47 Å². The molecule has 8 heteroatoms. The molecule has 37 heavy (non-hydrogen) atoms. The Hall–Kier alpha value is -2.97. The Kier molecular flexibility index (Phi) is 6.98. The van der Waals surface area contributed by atoms with Crippen LogP contribution in [-0.2, 0) is 30.3 Å². The Morgan fingerprint density at radius 3 is 2.59 bits per heavy atom. The van der Waals surface area contributed by atoms with Gasteiger partial charge in [0.15, 0.2) is 0 Å². The SMILES string of the molecule is CCCCN1CC=C[C@]23O[C@]4(C)C=CCCOC(=O)[C@@H]4[C@H]2C(=O)N([C@@H](CO)Cc2ccccc2)C3C1=O. The third-order valence-corrected chi connectivity index (χ3v) is 8.24. The zero-order valence-electron chi connectivity index (χ0n) is 21.5. The minimum Gasteiger partial charge on any atom is -0.465 e. The number of likely N-dealkylation sites (tertiary alicyclic amines) is 1. The fourth-order valence-electron chi connectivity index (χ4n) is 6.55. The first-order valence-corrected chi connectivity index (χ1v) is 13.3. The maximum atomic E-state index is 14.4. The average Bonchev–Trinajstić information content (AvgIpc) is 3.21. The Morgan fingerprint density at radius 2 is 1.86 bits per heavy atom. The highest BCUT2D eigenvalue weighted by Crippen LogP contribution is 2.57. The zero-order valence-corrected chi connectivity index (χ0v) is 21.5. The number of cyclic esters (lactones) is 1. The van der Waals surface area contributed by atoms with E-state index in [9.17, 15) is 19.5 Å². The third-order valence-electron chi connectivity index (χ3n) is 8.24. The molecule has 0 saturated carbocycles. The number of unbranched alkanes of at least 4 members (excludes halogenated alkanes) is 1. The van der Waals surface area contributed by atoms with E-state index in [1.165, 1.54) is 4.90 Å². The van der Waals surface area contributed by atoms with Crippen LogP contribution in [0, 0.1) is 11.8 Å². The summed E-state index contributed by atoms with van der Waals surface area (Å²) in [5.74, 6) is -2.89. The molecule has 2 fully saturated rings. The Bertz CT molecular complexity index is 1100. The number of amides is 2. The number of benzene rings is 1. The lowest BCUT2D eigenvalue weighted by atomic mass is 9.74. The lowest BCUT2D eigenvalue weighted by Gasteiger charge is -2.40. The van der Waals surface area contributed by atoms with Crippen molar-refractivity contribution >= 4 is 17.8 Å². The molecule has 1 spiro atoms. The fourth-order valence-corrected chi connectivity index (χ4v) is 6.55. The molecule has 4 heterocycles. The van der Waals surface area contributed by atoms with Crippen molar-refractivity contribution in [1.29, 1.82) is 0 Å². The Labute approximate surface area is 217 Å². The first-order valence-electron chi connectivity index (χ1n) is 13.3. The van der Waals surface area contributed by atoms with E-state index in [0.717, 1.165) is 18.4 Å². The number of hydrogen-bond donors (Lipinski definition) is 1. The first kappa shape index (κ1) is 25.7.